The van der Waals surface area contributed by atoms with Gasteiger partial charge in [-0.2, -0.15) is 0 Å². The summed E-state index contributed by atoms with van der Waals surface area (Å²) in [5, 5.41) is 0. The average Bonchev–Trinajstić information content (AvgIpc) is 2.78. The molecule has 0 bridgehead atoms. The van der Waals surface area contributed by atoms with Crippen LogP contribution in [0.4, 0.5) is 10.1 Å². The minimum atomic E-state index is -0.589. The number of amides is 1. The molecule has 8 heteroatoms. The molecule has 1 amide bonds. The van der Waals surface area contributed by atoms with Crippen LogP contribution in [0.1, 0.15) is 11.1 Å². The number of aromatic nitrogens is 2. The molecule has 1 aliphatic rings. The summed E-state index contributed by atoms with van der Waals surface area (Å²) < 4.78 is 15.7. The van der Waals surface area contributed by atoms with Crippen LogP contribution in [-0.2, 0) is 17.9 Å². The van der Waals surface area contributed by atoms with E-state index in [-0.39, 0.29) is 19.0 Å². The zero-order chi connectivity index (χ0) is 22.7. The fourth-order valence-corrected chi connectivity index (χ4v) is 3.93. The minimum Gasteiger partial charge on any atom is -0.368 e. The zero-order valence-electron chi connectivity index (χ0n) is 17.9. The highest BCUT2D eigenvalue weighted by Crippen LogP contribution is 2.17. The van der Waals surface area contributed by atoms with Gasteiger partial charge in [0.05, 0.1) is 6.54 Å². The number of rotatable bonds is 5. The van der Waals surface area contributed by atoms with E-state index in [9.17, 15) is 18.8 Å². The maximum absolute atomic E-state index is 13.5. The molecule has 0 unspecified atom stereocenters. The van der Waals surface area contributed by atoms with E-state index in [0.29, 0.717) is 31.7 Å². The first-order chi connectivity index (χ1) is 15.4. The number of hydrogen-bond acceptors (Lipinski definition) is 4. The van der Waals surface area contributed by atoms with Crippen LogP contribution in [0.2, 0.25) is 0 Å². The topological polar surface area (TPSA) is 67.5 Å². The van der Waals surface area contributed by atoms with Crippen molar-refractivity contribution in [3.8, 4) is 0 Å². The van der Waals surface area contributed by atoms with Gasteiger partial charge in [-0.3, -0.25) is 18.7 Å². The zero-order valence-corrected chi connectivity index (χ0v) is 17.9. The van der Waals surface area contributed by atoms with Crippen molar-refractivity contribution in [2.45, 2.75) is 20.0 Å². The lowest BCUT2D eigenvalue weighted by Crippen LogP contribution is -2.51. The highest BCUT2D eigenvalue weighted by molar-refractivity contribution is 5.76. The third-order valence-corrected chi connectivity index (χ3v) is 5.67. The fourth-order valence-electron chi connectivity index (χ4n) is 3.93. The average molecular weight is 436 g/mol. The van der Waals surface area contributed by atoms with Crippen molar-refractivity contribution in [2.75, 3.05) is 31.1 Å². The molecule has 1 aromatic heterocycles. The van der Waals surface area contributed by atoms with Gasteiger partial charge in [-0.25, -0.2) is 9.18 Å². The van der Waals surface area contributed by atoms with Crippen LogP contribution in [0.25, 0.3) is 0 Å². The molecule has 0 spiro atoms. The standard InChI is InChI=1S/C24H25FN4O3/c1-18-4-2-7-21(14-18)26-10-12-27(13-11-26)23(31)17-29-22(30)8-9-28(24(29)32)16-19-5-3-6-20(25)15-19/h2-9,14-15H,10-13,16-17H2,1H3. The second-order valence-electron chi connectivity index (χ2n) is 7.99. The molecule has 0 N–H and O–H groups in total. The molecular formula is C24H25FN4O3. The number of carbonyl (C=O) groups excluding carboxylic acids is 1. The van der Waals surface area contributed by atoms with Gasteiger partial charge in [0.15, 0.2) is 0 Å². The molecule has 0 saturated carbocycles. The van der Waals surface area contributed by atoms with E-state index >= 15 is 0 Å². The summed E-state index contributed by atoms with van der Waals surface area (Å²) in [6.45, 7) is 4.25. The number of carbonyl (C=O) groups is 1. The molecule has 1 fully saturated rings. The molecule has 0 atom stereocenters. The Bertz CT molecular complexity index is 1240. The highest BCUT2D eigenvalue weighted by Gasteiger charge is 2.22. The third kappa shape index (κ3) is 4.80. The number of halogens is 1. The molecule has 2 heterocycles. The normalized spacial score (nSPS) is 13.9. The Morgan fingerprint density at radius 3 is 2.44 bits per heavy atom. The van der Waals surface area contributed by atoms with Crippen molar-refractivity contribution < 1.29 is 9.18 Å². The molecule has 1 saturated heterocycles. The summed E-state index contributed by atoms with van der Waals surface area (Å²) in [5.74, 6) is -0.666. The molecule has 4 rings (SSSR count). The maximum Gasteiger partial charge on any atom is 0.331 e. The van der Waals surface area contributed by atoms with E-state index in [4.69, 9.17) is 0 Å². The number of nitrogens with zero attached hydrogens (tertiary/aromatic N) is 4. The van der Waals surface area contributed by atoms with Crippen LogP contribution < -0.4 is 16.1 Å². The van der Waals surface area contributed by atoms with Gasteiger partial charge in [-0.15, -0.1) is 0 Å². The lowest BCUT2D eigenvalue weighted by Gasteiger charge is -2.36. The van der Waals surface area contributed by atoms with Gasteiger partial charge in [-0.1, -0.05) is 24.3 Å². The largest absolute Gasteiger partial charge is 0.368 e. The molecule has 0 radical (unpaired) electrons. The Kier molecular flexibility index (Phi) is 6.20. The molecule has 0 aliphatic carbocycles. The molecule has 166 valence electrons. The van der Waals surface area contributed by atoms with Crippen molar-refractivity contribution >= 4 is 11.6 Å². The Morgan fingerprint density at radius 1 is 0.969 bits per heavy atom. The van der Waals surface area contributed by atoms with Crippen LogP contribution >= 0.6 is 0 Å². The molecule has 3 aromatic rings. The SMILES string of the molecule is Cc1cccc(N2CCN(C(=O)Cn3c(=O)ccn(Cc4cccc(F)c4)c3=O)CC2)c1. The second kappa shape index (κ2) is 9.21. The molecular weight excluding hydrogens is 411 g/mol. The smallest absolute Gasteiger partial charge is 0.331 e. The van der Waals surface area contributed by atoms with E-state index in [1.54, 1.807) is 17.0 Å². The molecule has 2 aromatic carbocycles. The predicted molar refractivity (Wildman–Crippen MR) is 120 cm³/mol. The summed E-state index contributed by atoms with van der Waals surface area (Å²) in [4.78, 5) is 41.9. The van der Waals surface area contributed by atoms with Gasteiger partial charge in [0.2, 0.25) is 5.91 Å². The first kappa shape index (κ1) is 21.5. The molecule has 7 nitrogen and oxygen atoms in total. The summed E-state index contributed by atoms with van der Waals surface area (Å²) in [5.41, 5.74) is 1.78. The van der Waals surface area contributed by atoms with E-state index < -0.39 is 17.1 Å². The van der Waals surface area contributed by atoms with Gasteiger partial charge in [0.25, 0.3) is 5.56 Å². The van der Waals surface area contributed by atoms with E-state index in [1.165, 1.54) is 34.5 Å². The fraction of sp³-hybridized carbons (Fsp3) is 0.292. The first-order valence-corrected chi connectivity index (χ1v) is 10.5. The van der Waals surface area contributed by atoms with Crippen molar-refractivity contribution in [3.63, 3.8) is 0 Å². The maximum atomic E-state index is 13.5. The Labute approximate surface area is 184 Å². The lowest BCUT2D eigenvalue weighted by atomic mass is 10.2. The van der Waals surface area contributed by atoms with Gasteiger partial charge >= 0.3 is 5.69 Å². The van der Waals surface area contributed by atoms with Crippen molar-refractivity contribution in [1.82, 2.24) is 14.0 Å². The summed E-state index contributed by atoms with van der Waals surface area (Å²) >= 11 is 0. The molecule has 1 aliphatic heterocycles. The van der Waals surface area contributed by atoms with E-state index in [0.717, 1.165) is 10.3 Å². The lowest BCUT2D eigenvalue weighted by molar-refractivity contribution is -0.132. The Hall–Kier alpha value is -3.68. The predicted octanol–water partition coefficient (Wildman–Crippen LogP) is 1.85. The monoisotopic (exact) mass is 436 g/mol. The van der Waals surface area contributed by atoms with Gasteiger partial charge in [0.1, 0.15) is 12.4 Å². The van der Waals surface area contributed by atoms with Gasteiger partial charge in [0, 0.05) is 44.1 Å². The summed E-state index contributed by atoms with van der Waals surface area (Å²) in [7, 11) is 0. The van der Waals surface area contributed by atoms with Gasteiger partial charge < -0.3 is 9.80 Å². The first-order valence-electron chi connectivity index (χ1n) is 10.5. The third-order valence-electron chi connectivity index (χ3n) is 5.67. The van der Waals surface area contributed by atoms with Crippen molar-refractivity contribution in [1.29, 1.82) is 0 Å². The van der Waals surface area contributed by atoms with E-state index in [1.807, 2.05) is 19.1 Å². The minimum absolute atomic E-state index is 0.111. The number of aryl methyl sites for hydroxylation is 1. The van der Waals surface area contributed by atoms with Crippen molar-refractivity contribution in [2.24, 2.45) is 0 Å². The highest BCUT2D eigenvalue weighted by atomic mass is 19.1. The van der Waals surface area contributed by atoms with Crippen molar-refractivity contribution in [3.05, 3.63) is 98.6 Å². The van der Waals surface area contributed by atoms with E-state index in [2.05, 4.69) is 17.0 Å². The number of piperazine rings is 1. The quantitative estimate of drug-likeness (QED) is 0.612. The Balaban J connectivity index is 1.44. The number of benzene rings is 2. The van der Waals surface area contributed by atoms with Gasteiger partial charge in [-0.05, 0) is 42.3 Å². The van der Waals surface area contributed by atoms with Crippen LogP contribution in [0.5, 0.6) is 0 Å². The number of hydrogen-bond donors (Lipinski definition) is 0. The van der Waals surface area contributed by atoms with Crippen LogP contribution in [0.15, 0.2) is 70.4 Å². The van der Waals surface area contributed by atoms with Crippen LogP contribution in [0, 0.1) is 12.7 Å². The second-order valence-corrected chi connectivity index (χ2v) is 7.99. The van der Waals surface area contributed by atoms with Crippen LogP contribution in [-0.4, -0.2) is 46.1 Å². The summed E-state index contributed by atoms with van der Waals surface area (Å²) in [6.07, 6.45) is 1.37. The summed E-state index contributed by atoms with van der Waals surface area (Å²) in [6, 6.07) is 15.4. The van der Waals surface area contributed by atoms with Crippen LogP contribution in [0.3, 0.4) is 0 Å². The Morgan fingerprint density at radius 2 is 1.72 bits per heavy atom. The number of anilines is 1. The molecule has 32 heavy (non-hydrogen) atoms.